The number of hydrogen-bond donors (Lipinski definition) is 1. The first-order valence-electron chi connectivity index (χ1n) is 4.15. The summed E-state index contributed by atoms with van der Waals surface area (Å²) in [6.07, 6.45) is 4.20. The molecular formula is C9H18O2. The molecule has 0 atom stereocenters. The van der Waals surface area contributed by atoms with Crippen molar-refractivity contribution in [2.45, 2.75) is 26.7 Å². The second-order valence-electron chi connectivity index (χ2n) is 2.64. The first-order chi connectivity index (χ1) is 5.31. The van der Waals surface area contributed by atoms with Crippen LogP contribution in [0.1, 0.15) is 26.7 Å². The minimum Gasteiger partial charge on any atom is -0.392 e. The lowest BCUT2D eigenvalue weighted by Crippen LogP contribution is -1.95. The number of aliphatic hydroxyl groups excluding tert-OH is 1. The van der Waals surface area contributed by atoms with E-state index in [1.807, 2.05) is 13.0 Å². The summed E-state index contributed by atoms with van der Waals surface area (Å²) in [5.74, 6) is 0. The molecule has 0 fully saturated rings. The van der Waals surface area contributed by atoms with Gasteiger partial charge in [-0.1, -0.05) is 19.4 Å². The Morgan fingerprint density at radius 3 is 2.82 bits per heavy atom. The van der Waals surface area contributed by atoms with Gasteiger partial charge in [-0.05, 0) is 18.9 Å². The fourth-order valence-corrected chi connectivity index (χ4v) is 0.595. The van der Waals surface area contributed by atoms with Crippen LogP contribution in [0.25, 0.3) is 0 Å². The first kappa shape index (κ1) is 10.7. The van der Waals surface area contributed by atoms with Gasteiger partial charge in [-0.15, -0.1) is 0 Å². The topological polar surface area (TPSA) is 29.5 Å². The fraction of sp³-hybridized carbons (Fsp3) is 0.778. The molecule has 0 saturated carbocycles. The minimum absolute atomic E-state index is 0.136. The molecule has 0 radical (unpaired) electrons. The summed E-state index contributed by atoms with van der Waals surface area (Å²) in [5, 5.41) is 8.61. The van der Waals surface area contributed by atoms with Gasteiger partial charge in [-0.3, -0.25) is 0 Å². The summed E-state index contributed by atoms with van der Waals surface area (Å²) in [5.41, 5.74) is 0.974. The average Bonchev–Trinajstić information content (AvgIpc) is 2.04. The zero-order valence-corrected chi connectivity index (χ0v) is 7.47. The highest BCUT2D eigenvalue weighted by Crippen LogP contribution is 1.91. The monoisotopic (exact) mass is 158 g/mol. The van der Waals surface area contributed by atoms with Gasteiger partial charge in [0, 0.05) is 6.61 Å². The van der Waals surface area contributed by atoms with Gasteiger partial charge < -0.3 is 9.84 Å². The third kappa shape index (κ3) is 7.56. The smallest absolute Gasteiger partial charge is 0.0650 e. The van der Waals surface area contributed by atoms with Crippen LogP contribution in [-0.2, 0) is 4.74 Å². The number of aliphatic hydroxyl groups is 1. The molecule has 2 heteroatoms. The van der Waals surface area contributed by atoms with Crippen LogP contribution in [0.4, 0.5) is 0 Å². The van der Waals surface area contributed by atoms with E-state index in [1.54, 1.807) is 0 Å². The molecule has 2 nitrogen and oxygen atoms in total. The third-order valence-electron chi connectivity index (χ3n) is 1.44. The predicted octanol–water partition coefficient (Wildman–Crippen LogP) is 1.74. The normalized spacial score (nSPS) is 12.1. The van der Waals surface area contributed by atoms with E-state index in [2.05, 4.69) is 6.92 Å². The molecule has 0 aliphatic carbocycles. The largest absolute Gasteiger partial charge is 0.392 e. The summed E-state index contributed by atoms with van der Waals surface area (Å²) >= 11 is 0. The second kappa shape index (κ2) is 7.76. The van der Waals surface area contributed by atoms with Crippen LogP contribution in [0.2, 0.25) is 0 Å². The zero-order valence-electron chi connectivity index (χ0n) is 7.47. The molecule has 0 aromatic rings. The Balaban J connectivity index is 3.12. The number of hydrogen-bond acceptors (Lipinski definition) is 2. The Morgan fingerprint density at radius 2 is 2.27 bits per heavy atom. The van der Waals surface area contributed by atoms with Gasteiger partial charge in [0.1, 0.15) is 0 Å². The molecular weight excluding hydrogens is 140 g/mol. The molecule has 0 aromatic heterocycles. The van der Waals surface area contributed by atoms with Crippen LogP contribution in [-0.4, -0.2) is 24.9 Å². The van der Waals surface area contributed by atoms with E-state index >= 15 is 0 Å². The number of unbranched alkanes of at least 4 members (excludes halogenated alkanes) is 1. The highest BCUT2D eigenvalue weighted by molar-refractivity contribution is 4.97. The van der Waals surface area contributed by atoms with E-state index in [0.717, 1.165) is 18.6 Å². The van der Waals surface area contributed by atoms with Crippen molar-refractivity contribution >= 4 is 0 Å². The molecule has 0 rings (SSSR count). The molecule has 0 aliphatic rings. The maximum atomic E-state index is 8.61. The van der Waals surface area contributed by atoms with Crippen molar-refractivity contribution in [3.8, 4) is 0 Å². The van der Waals surface area contributed by atoms with E-state index in [0.29, 0.717) is 6.61 Å². The summed E-state index contributed by atoms with van der Waals surface area (Å²) in [7, 11) is 0. The Morgan fingerprint density at radius 1 is 1.55 bits per heavy atom. The summed E-state index contributed by atoms with van der Waals surface area (Å²) in [4.78, 5) is 0. The Hall–Kier alpha value is -0.340. The van der Waals surface area contributed by atoms with Gasteiger partial charge >= 0.3 is 0 Å². The van der Waals surface area contributed by atoms with Gasteiger partial charge in [0.2, 0.25) is 0 Å². The molecule has 0 amide bonds. The molecule has 0 spiro atoms. The fourth-order valence-electron chi connectivity index (χ4n) is 0.595. The molecule has 0 bridgehead atoms. The summed E-state index contributed by atoms with van der Waals surface area (Å²) < 4.78 is 5.26. The summed E-state index contributed by atoms with van der Waals surface area (Å²) in [6.45, 7) is 5.62. The molecule has 0 aromatic carbocycles. The SMILES string of the molecule is CCCCOC/C=C(\C)CO. The maximum Gasteiger partial charge on any atom is 0.0650 e. The number of ether oxygens (including phenoxy) is 1. The maximum absolute atomic E-state index is 8.61. The minimum atomic E-state index is 0.136. The summed E-state index contributed by atoms with van der Waals surface area (Å²) in [6, 6.07) is 0. The van der Waals surface area contributed by atoms with Crippen molar-refractivity contribution in [2.75, 3.05) is 19.8 Å². The van der Waals surface area contributed by atoms with Crippen molar-refractivity contribution in [3.05, 3.63) is 11.6 Å². The van der Waals surface area contributed by atoms with Crippen LogP contribution in [0.3, 0.4) is 0 Å². The standard InChI is InChI=1S/C9H18O2/c1-3-4-6-11-7-5-9(2)8-10/h5,10H,3-4,6-8H2,1-2H3/b9-5+. The van der Waals surface area contributed by atoms with Crippen LogP contribution < -0.4 is 0 Å². The lowest BCUT2D eigenvalue weighted by Gasteiger charge is -1.99. The lowest BCUT2D eigenvalue weighted by atomic mass is 10.3. The van der Waals surface area contributed by atoms with Crippen molar-refractivity contribution in [2.24, 2.45) is 0 Å². The van der Waals surface area contributed by atoms with E-state index < -0.39 is 0 Å². The lowest BCUT2D eigenvalue weighted by molar-refractivity contribution is 0.158. The van der Waals surface area contributed by atoms with E-state index in [-0.39, 0.29) is 6.61 Å². The van der Waals surface area contributed by atoms with Gasteiger partial charge in [0.05, 0.1) is 13.2 Å². The van der Waals surface area contributed by atoms with Crippen molar-refractivity contribution in [1.82, 2.24) is 0 Å². The first-order valence-corrected chi connectivity index (χ1v) is 4.15. The van der Waals surface area contributed by atoms with E-state index in [1.165, 1.54) is 6.42 Å². The second-order valence-corrected chi connectivity index (χ2v) is 2.64. The highest BCUT2D eigenvalue weighted by atomic mass is 16.5. The Kier molecular flexibility index (Phi) is 7.52. The third-order valence-corrected chi connectivity index (χ3v) is 1.44. The van der Waals surface area contributed by atoms with Crippen molar-refractivity contribution < 1.29 is 9.84 Å². The van der Waals surface area contributed by atoms with Gasteiger partial charge in [0.15, 0.2) is 0 Å². The zero-order chi connectivity index (χ0) is 8.53. The molecule has 0 heterocycles. The van der Waals surface area contributed by atoms with Crippen LogP contribution >= 0.6 is 0 Å². The van der Waals surface area contributed by atoms with E-state index in [9.17, 15) is 0 Å². The Bertz CT molecular complexity index is 108. The van der Waals surface area contributed by atoms with Gasteiger partial charge in [-0.25, -0.2) is 0 Å². The molecule has 11 heavy (non-hydrogen) atoms. The van der Waals surface area contributed by atoms with Crippen LogP contribution in [0.5, 0.6) is 0 Å². The quantitative estimate of drug-likeness (QED) is 0.471. The van der Waals surface area contributed by atoms with Crippen LogP contribution in [0, 0.1) is 0 Å². The molecule has 0 aliphatic heterocycles. The van der Waals surface area contributed by atoms with Crippen molar-refractivity contribution in [1.29, 1.82) is 0 Å². The molecule has 1 N–H and O–H groups in total. The van der Waals surface area contributed by atoms with E-state index in [4.69, 9.17) is 9.84 Å². The Labute approximate surface area is 68.9 Å². The molecule has 0 unspecified atom stereocenters. The highest BCUT2D eigenvalue weighted by Gasteiger charge is 1.85. The van der Waals surface area contributed by atoms with Crippen LogP contribution in [0.15, 0.2) is 11.6 Å². The predicted molar refractivity (Wildman–Crippen MR) is 46.6 cm³/mol. The number of rotatable bonds is 6. The molecule has 0 saturated heterocycles. The average molecular weight is 158 g/mol. The van der Waals surface area contributed by atoms with Gasteiger partial charge in [-0.2, -0.15) is 0 Å². The van der Waals surface area contributed by atoms with Gasteiger partial charge in [0.25, 0.3) is 0 Å². The molecule has 66 valence electrons. The van der Waals surface area contributed by atoms with Crippen molar-refractivity contribution in [3.63, 3.8) is 0 Å².